The van der Waals surface area contributed by atoms with Crippen molar-refractivity contribution in [1.29, 1.82) is 0 Å². The second kappa shape index (κ2) is 7.98. The second-order valence-electron chi connectivity index (χ2n) is 7.76. The van der Waals surface area contributed by atoms with Crippen LogP contribution in [0.25, 0.3) is 0 Å². The number of ether oxygens (including phenoxy) is 1. The van der Waals surface area contributed by atoms with E-state index in [0.717, 1.165) is 18.9 Å². The van der Waals surface area contributed by atoms with Gasteiger partial charge in [0.15, 0.2) is 0 Å². The molecule has 0 radical (unpaired) electrons. The van der Waals surface area contributed by atoms with E-state index in [9.17, 15) is 0 Å². The molecule has 0 saturated carbocycles. The van der Waals surface area contributed by atoms with Gasteiger partial charge in [-0.15, -0.1) is 0 Å². The van der Waals surface area contributed by atoms with Crippen LogP contribution in [0.1, 0.15) is 71.9 Å². The largest absolute Gasteiger partial charge is 0.378 e. The molecule has 0 heterocycles. The van der Waals surface area contributed by atoms with Gasteiger partial charge >= 0.3 is 0 Å². The summed E-state index contributed by atoms with van der Waals surface area (Å²) in [5.74, 6) is 1.35. The Morgan fingerprint density at radius 1 is 1.00 bits per heavy atom. The topological polar surface area (TPSA) is 9.23 Å². The second-order valence-corrected chi connectivity index (χ2v) is 7.76. The third kappa shape index (κ3) is 6.22. The lowest BCUT2D eigenvalue weighted by atomic mass is 9.72. The summed E-state index contributed by atoms with van der Waals surface area (Å²) < 4.78 is 5.63. The molecule has 0 bridgehead atoms. The molecule has 1 heteroatoms. The lowest BCUT2D eigenvalue weighted by Gasteiger charge is -2.32. The van der Waals surface area contributed by atoms with Crippen molar-refractivity contribution < 1.29 is 4.74 Å². The first-order valence-electron chi connectivity index (χ1n) is 8.44. The average Bonchev–Trinajstić information content (AvgIpc) is 2.36. The summed E-state index contributed by atoms with van der Waals surface area (Å²) in [4.78, 5) is 0. The normalized spacial score (nSPS) is 15.2. The molecule has 1 aromatic rings. The first-order valence-corrected chi connectivity index (χ1v) is 8.44. The Balaban J connectivity index is 2.83. The fourth-order valence-electron chi connectivity index (χ4n) is 3.02. The van der Waals surface area contributed by atoms with Gasteiger partial charge in [0.1, 0.15) is 0 Å². The molecule has 0 saturated heterocycles. The van der Waals surface area contributed by atoms with Gasteiger partial charge in [0, 0.05) is 6.61 Å². The molecular formula is C20H34O. The van der Waals surface area contributed by atoms with Crippen LogP contribution in [-0.4, -0.2) is 12.7 Å². The van der Waals surface area contributed by atoms with Crippen LogP contribution in [0.4, 0.5) is 0 Å². The lowest BCUT2D eigenvalue weighted by Crippen LogP contribution is -2.20. The van der Waals surface area contributed by atoms with Crippen LogP contribution in [0.5, 0.6) is 0 Å². The molecule has 21 heavy (non-hydrogen) atoms. The Morgan fingerprint density at radius 3 is 2.00 bits per heavy atom. The van der Waals surface area contributed by atoms with Crippen molar-refractivity contribution in [3.05, 3.63) is 35.4 Å². The lowest BCUT2D eigenvalue weighted by molar-refractivity contribution is 0.0768. The first kappa shape index (κ1) is 18.2. The minimum atomic E-state index is 0.301. The fraction of sp³-hybridized carbons (Fsp3) is 0.700. The van der Waals surface area contributed by atoms with Gasteiger partial charge in [0.05, 0.1) is 6.10 Å². The highest BCUT2D eigenvalue weighted by molar-refractivity contribution is 5.27. The molecule has 1 nitrogen and oxygen atoms in total. The molecule has 2 unspecified atom stereocenters. The highest BCUT2D eigenvalue weighted by atomic mass is 16.5. The molecule has 0 aromatic heterocycles. The molecule has 0 aliphatic carbocycles. The maximum atomic E-state index is 5.63. The smallest absolute Gasteiger partial charge is 0.0587 e. The third-order valence-electron chi connectivity index (χ3n) is 4.11. The quantitative estimate of drug-likeness (QED) is 0.614. The third-order valence-corrected chi connectivity index (χ3v) is 4.11. The maximum Gasteiger partial charge on any atom is 0.0587 e. The molecule has 0 spiro atoms. The number of hydrogen-bond donors (Lipinski definition) is 0. The number of rotatable bonds is 7. The van der Waals surface area contributed by atoms with E-state index < -0.39 is 0 Å². The summed E-state index contributed by atoms with van der Waals surface area (Å²) in [7, 11) is 0. The first-order chi connectivity index (χ1) is 9.74. The maximum absolute atomic E-state index is 5.63. The molecule has 2 atom stereocenters. The predicted molar refractivity (Wildman–Crippen MR) is 92.9 cm³/mol. The molecule has 0 aliphatic rings. The van der Waals surface area contributed by atoms with E-state index in [0.29, 0.717) is 17.4 Å². The zero-order valence-corrected chi connectivity index (χ0v) is 15.1. The van der Waals surface area contributed by atoms with Gasteiger partial charge in [-0.2, -0.15) is 0 Å². The highest BCUT2D eigenvalue weighted by Gasteiger charge is 2.26. The number of benzene rings is 1. The Hall–Kier alpha value is -0.820. The van der Waals surface area contributed by atoms with Gasteiger partial charge in [-0.3, -0.25) is 0 Å². The Kier molecular flexibility index (Phi) is 6.93. The monoisotopic (exact) mass is 290 g/mol. The molecule has 1 aromatic carbocycles. The van der Waals surface area contributed by atoms with Crippen molar-refractivity contribution in [2.45, 2.75) is 73.3 Å². The Labute approximate surface area is 132 Å². The van der Waals surface area contributed by atoms with Gasteiger partial charge in [-0.1, -0.05) is 58.9 Å². The van der Waals surface area contributed by atoms with E-state index in [1.54, 1.807) is 0 Å². The van der Waals surface area contributed by atoms with Gasteiger partial charge in [0.25, 0.3) is 0 Å². The molecule has 1 rings (SSSR count). The summed E-state index contributed by atoms with van der Waals surface area (Å²) >= 11 is 0. The molecular weight excluding hydrogens is 256 g/mol. The van der Waals surface area contributed by atoms with E-state index in [1.807, 2.05) is 0 Å². The summed E-state index contributed by atoms with van der Waals surface area (Å²) in [6, 6.07) is 9.21. The van der Waals surface area contributed by atoms with Crippen LogP contribution in [0.3, 0.4) is 0 Å². The van der Waals surface area contributed by atoms with E-state index >= 15 is 0 Å². The predicted octanol–water partition coefficient (Wildman–Crippen LogP) is 5.83. The number of hydrogen-bond acceptors (Lipinski definition) is 1. The highest BCUT2D eigenvalue weighted by Crippen LogP contribution is 2.39. The van der Waals surface area contributed by atoms with E-state index in [4.69, 9.17) is 4.74 Å². The summed E-state index contributed by atoms with van der Waals surface area (Å²) in [6.45, 7) is 16.7. The van der Waals surface area contributed by atoms with Crippen LogP contribution < -0.4 is 0 Å². The van der Waals surface area contributed by atoms with Crippen LogP contribution in [0, 0.1) is 11.3 Å². The Bertz CT molecular complexity index is 397. The van der Waals surface area contributed by atoms with Crippen LogP contribution in [0.15, 0.2) is 24.3 Å². The van der Waals surface area contributed by atoms with Crippen LogP contribution >= 0.6 is 0 Å². The van der Waals surface area contributed by atoms with Crippen molar-refractivity contribution in [2.75, 3.05) is 6.61 Å². The van der Waals surface area contributed by atoms with Crippen molar-refractivity contribution in [3.8, 4) is 0 Å². The average molecular weight is 290 g/mol. The van der Waals surface area contributed by atoms with Crippen molar-refractivity contribution in [3.63, 3.8) is 0 Å². The van der Waals surface area contributed by atoms with Crippen LogP contribution in [0.2, 0.25) is 0 Å². The van der Waals surface area contributed by atoms with Crippen molar-refractivity contribution in [1.82, 2.24) is 0 Å². The summed E-state index contributed by atoms with van der Waals surface area (Å²) in [5, 5.41) is 0. The molecule has 0 N–H and O–H groups in total. The minimum Gasteiger partial charge on any atom is -0.378 e. The molecule has 0 aliphatic heterocycles. The van der Waals surface area contributed by atoms with Gasteiger partial charge < -0.3 is 4.74 Å². The van der Waals surface area contributed by atoms with Crippen molar-refractivity contribution >= 4 is 0 Å². The van der Waals surface area contributed by atoms with Crippen molar-refractivity contribution in [2.24, 2.45) is 11.3 Å². The SMILES string of the molecule is CCOC(C)Cc1ccc(C(CC(C)C)C(C)(C)C)cc1. The van der Waals surface area contributed by atoms with E-state index in [1.165, 1.54) is 17.5 Å². The molecule has 0 amide bonds. The Morgan fingerprint density at radius 2 is 1.57 bits per heavy atom. The van der Waals surface area contributed by atoms with Gasteiger partial charge in [-0.25, -0.2) is 0 Å². The molecule has 0 fully saturated rings. The van der Waals surface area contributed by atoms with Gasteiger partial charge in [0.2, 0.25) is 0 Å². The summed E-state index contributed by atoms with van der Waals surface area (Å²) in [6.07, 6.45) is 2.55. The minimum absolute atomic E-state index is 0.301. The zero-order chi connectivity index (χ0) is 16.0. The fourth-order valence-corrected chi connectivity index (χ4v) is 3.02. The van der Waals surface area contributed by atoms with E-state index in [-0.39, 0.29) is 0 Å². The zero-order valence-electron chi connectivity index (χ0n) is 15.1. The van der Waals surface area contributed by atoms with E-state index in [2.05, 4.69) is 72.7 Å². The standard InChI is InChI=1S/C20H34O/c1-8-21-16(4)14-17-9-11-18(12-10-17)19(13-15(2)3)20(5,6)7/h9-12,15-16,19H,8,13-14H2,1-7H3. The van der Waals surface area contributed by atoms with Crippen LogP contribution in [-0.2, 0) is 11.2 Å². The summed E-state index contributed by atoms with van der Waals surface area (Å²) in [5.41, 5.74) is 3.16. The molecule has 120 valence electrons. The van der Waals surface area contributed by atoms with Gasteiger partial charge in [-0.05, 0) is 55.1 Å².